The topological polar surface area (TPSA) is 109 Å². The number of benzene rings is 1. The molecule has 8 nitrogen and oxygen atoms in total. The number of nitrogens with one attached hydrogen (secondary N) is 1. The lowest BCUT2D eigenvalue weighted by atomic mass is 10.1. The number of carboxylic acids is 1. The second-order valence-electron chi connectivity index (χ2n) is 4.45. The van der Waals surface area contributed by atoms with Crippen molar-refractivity contribution in [2.75, 3.05) is 0 Å². The van der Waals surface area contributed by atoms with Crippen LogP contribution in [0.4, 0.5) is 0 Å². The SMILES string of the molecule is O=C(O)c1cccc(-c2nnc3c4[nH]cnc4ncn23)c1. The molecule has 3 heterocycles. The third kappa shape index (κ3) is 1.66. The number of nitrogens with zero attached hydrogens (tertiary/aromatic N) is 5. The summed E-state index contributed by atoms with van der Waals surface area (Å²) in [5.74, 6) is -0.461. The molecule has 2 N–H and O–H groups in total. The zero-order valence-corrected chi connectivity index (χ0v) is 10.6. The number of fused-ring (bicyclic) bond motifs is 3. The van der Waals surface area contributed by atoms with Gasteiger partial charge < -0.3 is 10.1 Å². The van der Waals surface area contributed by atoms with Crippen LogP contribution < -0.4 is 0 Å². The van der Waals surface area contributed by atoms with Crippen LogP contribution >= 0.6 is 0 Å². The highest BCUT2D eigenvalue weighted by Gasteiger charge is 2.13. The monoisotopic (exact) mass is 280 g/mol. The fraction of sp³-hybridized carbons (Fsp3) is 0. The van der Waals surface area contributed by atoms with E-state index in [1.807, 2.05) is 0 Å². The molecule has 0 aliphatic heterocycles. The van der Waals surface area contributed by atoms with Gasteiger partial charge in [-0.25, -0.2) is 14.8 Å². The zero-order chi connectivity index (χ0) is 14.4. The summed E-state index contributed by atoms with van der Waals surface area (Å²) >= 11 is 0. The van der Waals surface area contributed by atoms with Crippen LogP contribution in [0.25, 0.3) is 28.2 Å². The Kier molecular flexibility index (Phi) is 2.25. The molecule has 4 rings (SSSR count). The average molecular weight is 280 g/mol. The minimum atomic E-state index is -0.986. The van der Waals surface area contributed by atoms with E-state index >= 15 is 0 Å². The van der Waals surface area contributed by atoms with Gasteiger partial charge in [-0.3, -0.25) is 4.40 Å². The molecule has 0 radical (unpaired) electrons. The van der Waals surface area contributed by atoms with Crippen molar-refractivity contribution in [3.63, 3.8) is 0 Å². The third-order valence-corrected chi connectivity index (χ3v) is 3.20. The smallest absolute Gasteiger partial charge is 0.335 e. The molecule has 8 heteroatoms. The molecule has 0 aliphatic rings. The molecule has 0 unspecified atom stereocenters. The summed E-state index contributed by atoms with van der Waals surface area (Å²) in [7, 11) is 0. The van der Waals surface area contributed by atoms with Crippen LogP contribution in [0.15, 0.2) is 36.9 Å². The number of carbonyl (C=O) groups is 1. The van der Waals surface area contributed by atoms with E-state index < -0.39 is 5.97 Å². The van der Waals surface area contributed by atoms with Crippen molar-refractivity contribution in [3.8, 4) is 11.4 Å². The summed E-state index contributed by atoms with van der Waals surface area (Å²) < 4.78 is 1.70. The van der Waals surface area contributed by atoms with Crippen LogP contribution in [-0.4, -0.2) is 40.6 Å². The number of hydrogen-bond donors (Lipinski definition) is 2. The fourth-order valence-corrected chi connectivity index (χ4v) is 2.22. The van der Waals surface area contributed by atoms with Crippen LogP contribution in [0.2, 0.25) is 0 Å². The lowest BCUT2D eigenvalue weighted by Crippen LogP contribution is -1.97. The molecule has 102 valence electrons. The second kappa shape index (κ2) is 4.10. The molecule has 0 atom stereocenters. The first-order valence-electron chi connectivity index (χ1n) is 6.10. The molecular formula is C13H8N6O2. The van der Waals surface area contributed by atoms with E-state index in [2.05, 4.69) is 25.1 Å². The van der Waals surface area contributed by atoms with Gasteiger partial charge in [0.2, 0.25) is 0 Å². The lowest BCUT2D eigenvalue weighted by molar-refractivity contribution is 0.0697. The standard InChI is InChI=1S/C13H8N6O2/c20-13(21)8-3-1-2-7(4-8)11-17-18-12-9-10(15-5-14-9)16-6-19(11)12/h1-6H,(H,14,15)(H,20,21). The molecule has 3 aromatic heterocycles. The van der Waals surface area contributed by atoms with Crippen LogP contribution in [0.3, 0.4) is 0 Å². The first-order chi connectivity index (χ1) is 10.2. The Morgan fingerprint density at radius 1 is 1.24 bits per heavy atom. The van der Waals surface area contributed by atoms with Gasteiger partial charge in [-0.15, -0.1) is 10.2 Å². The summed E-state index contributed by atoms with van der Waals surface area (Å²) in [6.07, 6.45) is 3.11. The first-order valence-corrected chi connectivity index (χ1v) is 6.10. The van der Waals surface area contributed by atoms with Gasteiger partial charge in [0.05, 0.1) is 11.9 Å². The molecule has 0 amide bonds. The Bertz CT molecular complexity index is 987. The number of carboxylic acid groups (broad SMARTS) is 1. The van der Waals surface area contributed by atoms with Crippen LogP contribution in [0.1, 0.15) is 10.4 Å². The highest BCUT2D eigenvalue weighted by atomic mass is 16.4. The molecule has 0 aliphatic carbocycles. The number of aromatic nitrogens is 6. The molecule has 1 aromatic carbocycles. The van der Waals surface area contributed by atoms with Gasteiger partial charge in [0.1, 0.15) is 11.8 Å². The highest BCUT2D eigenvalue weighted by Crippen LogP contribution is 2.21. The van der Waals surface area contributed by atoms with E-state index in [1.165, 1.54) is 12.4 Å². The van der Waals surface area contributed by atoms with Gasteiger partial charge >= 0.3 is 5.97 Å². The number of imidazole rings is 1. The lowest BCUT2D eigenvalue weighted by Gasteiger charge is -2.01. The third-order valence-electron chi connectivity index (χ3n) is 3.20. The average Bonchev–Trinajstić information content (AvgIpc) is 3.13. The zero-order valence-electron chi connectivity index (χ0n) is 10.6. The maximum absolute atomic E-state index is 11.1. The number of aromatic carboxylic acids is 1. The van der Waals surface area contributed by atoms with E-state index in [4.69, 9.17) is 5.11 Å². The molecule has 21 heavy (non-hydrogen) atoms. The van der Waals surface area contributed by atoms with Gasteiger partial charge in [0.25, 0.3) is 0 Å². The maximum Gasteiger partial charge on any atom is 0.335 e. The largest absolute Gasteiger partial charge is 0.478 e. The first kappa shape index (κ1) is 11.5. The van der Waals surface area contributed by atoms with E-state index in [-0.39, 0.29) is 5.56 Å². The van der Waals surface area contributed by atoms with Crippen molar-refractivity contribution in [3.05, 3.63) is 42.5 Å². The van der Waals surface area contributed by atoms with Crippen LogP contribution in [-0.2, 0) is 0 Å². The summed E-state index contributed by atoms with van der Waals surface area (Å²) in [5, 5.41) is 17.3. The van der Waals surface area contributed by atoms with E-state index in [0.717, 1.165) is 0 Å². The van der Waals surface area contributed by atoms with Crippen molar-refractivity contribution >= 4 is 22.8 Å². The number of aromatic amines is 1. The Hall–Kier alpha value is -3.29. The molecular weight excluding hydrogens is 272 g/mol. The molecule has 0 bridgehead atoms. The molecule has 0 saturated heterocycles. The van der Waals surface area contributed by atoms with Gasteiger partial charge in [0.15, 0.2) is 17.1 Å². The Labute approximate surface area is 117 Å². The summed E-state index contributed by atoms with van der Waals surface area (Å²) in [5.41, 5.74) is 2.68. The Morgan fingerprint density at radius 2 is 2.14 bits per heavy atom. The summed E-state index contributed by atoms with van der Waals surface area (Å²) in [4.78, 5) is 22.3. The minimum absolute atomic E-state index is 0.194. The predicted octanol–water partition coefficient (Wildman–Crippen LogP) is 1.37. The minimum Gasteiger partial charge on any atom is -0.478 e. The van der Waals surface area contributed by atoms with Crippen molar-refractivity contribution < 1.29 is 9.90 Å². The van der Waals surface area contributed by atoms with Crippen molar-refractivity contribution in [2.45, 2.75) is 0 Å². The van der Waals surface area contributed by atoms with Crippen LogP contribution in [0, 0.1) is 0 Å². The maximum atomic E-state index is 11.1. The quantitative estimate of drug-likeness (QED) is 0.574. The van der Waals surface area contributed by atoms with Crippen molar-refractivity contribution in [2.24, 2.45) is 0 Å². The van der Waals surface area contributed by atoms with E-state index in [0.29, 0.717) is 28.2 Å². The van der Waals surface area contributed by atoms with Crippen molar-refractivity contribution in [1.82, 2.24) is 29.5 Å². The summed E-state index contributed by atoms with van der Waals surface area (Å²) in [6.45, 7) is 0. The van der Waals surface area contributed by atoms with Gasteiger partial charge in [-0.1, -0.05) is 12.1 Å². The second-order valence-corrected chi connectivity index (χ2v) is 4.45. The molecule has 0 fully saturated rings. The Balaban J connectivity index is 1.98. The van der Waals surface area contributed by atoms with Crippen LogP contribution in [0.5, 0.6) is 0 Å². The van der Waals surface area contributed by atoms with Crippen molar-refractivity contribution in [1.29, 1.82) is 0 Å². The number of H-pyrrole nitrogens is 1. The predicted molar refractivity (Wildman–Crippen MR) is 72.8 cm³/mol. The van der Waals surface area contributed by atoms with Gasteiger partial charge in [-0.05, 0) is 12.1 Å². The highest BCUT2D eigenvalue weighted by molar-refractivity contribution is 5.89. The normalized spacial score (nSPS) is 11.2. The van der Waals surface area contributed by atoms with E-state index in [9.17, 15) is 4.79 Å². The Morgan fingerprint density at radius 3 is 3.00 bits per heavy atom. The van der Waals surface area contributed by atoms with Gasteiger partial charge in [0, 0.05) is 5.56 Å². The summed E-state index contributed by atoms with van der Waals surface area (Å²) in [6, 6.07) is 6.53. The molecule has 4 aromatic rings. The number of rotatable bonds is 2. The molecule has 0 saturated carbocycles. The fourth-order valence-electron chi connectivity index (χ4n) is 2.22. The van der Waals surface area contributed by atoms with E-state index in [1.54, 1.807) is 28.9 Å². The molecule has 0 spiro atoms. The number of hydrogen-bond acceptors (Lipinski definition) is 5. The van der Waals surface area contributed by atoms with Gasteiger partial charge in [-0.2, -0.15) is 0 Å².